The molecule has 8 heteroatoms. The molecule has 0 unspecified atom stereocenters. The van der Waals surface area contributed by atoms with Gasteiger partial charge in [0.15, 0.2) is 5.82 Å². The zero-order valence-corrected chi connectivity index (χ0v) is 14.7. The number of hydrogen-bond acceptors (Lipinski definition) is 8. The Balaban J connectivity index is 1.75. The van der Waals surface area contributed by atoms with E-state index < -0.39 is 0 Å². The Morgan fingerprint density at radius 3 is 2.92 bits per heavy atom. The molecule has 130 valence electrons. The van der Waals surface area contributed by atoms with Gasteiger partial charge in [0.05, 0.1) is 5.69 Å². The first-order chi connectivity index (χ1) is 12.1. The third kappa shape index (κ3) is 3.45. The van der Waals surface area contributed by atoms with Gasteiger partial charge in [-0.2, -0.15) is 10.4 Å². The van der Waals surface area contributed by atoms with Crippen molar-refractivity contribution in [2.75, 3.05) is 35.7 Å². The van der Waals surface area contributed by atoms with Crippen LogP contribution in [0.3, 0.4) is 0 Å². The Labute approximate surface area is 147 Å². The summed E-state index contributed by atoms with van der Waals surface area (Å²) in [6.07, 6.45) is 3.74. The number of nitriles is 1. The molecule has 0 saturated carbocycles. The minimum absolute atomic E-state index is 0.287. The van der Waals surface area contributed by atoms with E-state index in [4.69, 9.17) is 0 Å². The predicted molar refractivity (Wildman–Crippen MR) is 96.7 cm³/mol. The van der Waals surface area contributed by atoms with Crippen LogP contribution >= 0.6 is 0 Å². The summed E-state index contributed by atoms with van der Waals surface area (Å²) >= 11 is 0. The van der Waals surface area contributed by atoms with Gasteiger partial charge < -0.3 is 15.5 Å². The van der Waals surface area contributed by atoms with Gasteiger partial charge in [0, 0.05) is 32.2 Å². The van der Waals surface area contributed by atoms with Crippen molar-refractivity contribution in [2.24, 2.45) is 0 Å². The molecule has 1 fully saturated rings. The molecule has 0 aromatic carbocycles. The van der Waals surface area contributed by atoms with E-state index in [-0.39, 0.29) is 6.04 Å². The molecular formula is C17H22N8. The Morgan fingerprint density at radius 1 is 1.32 bits per heavy atom. The van der Waals surface area contributed by atoms with E-state index >= 15 is 0 Å². The quantitative estimate of drug-likeness (QED) is 0.852. The SMILES string of the molecule is CNc1cc(N2CCC[C@@H]2CNc2nnc(C)c(C)c2C#N)ncn1. The zero-order chi connectivity index (χ0) is 17.8. The molecule has 25 heavy (non-hydrogen) atoms. The van der Waals surface area contributed by atoms with Crippen LogP contribution in [0.25, 0.3) is 0 Å². The van der Waals surface area contributed by atoms with E-state index in [0.29, 0.717) is 17.9 Å². The highest BCUT2D eigenvalue weighted by molar-refractivity contribution is 5.56. The van der Waals surface area contributed by atoms with E-state index in [1.54, 1.807) is 6.33 Å². The van der Waals surface area contributed by atoms with Crippen molar-refractivity contribution in [1.29, 1.82) is 5.26 Å². The van der Waals surface area contributed by atoms with Crippen molar-refractivity contribution < 1.29 is 0 Å². The van der Waals surface area contributed by atoms with Gasteiger partial charge in [-0.3, -0.25) is 0 Å². The maximum absolute atomic E-state index is 9.41. The molecular weight excluding hydrogens is 316 g/mol. The van der Waals surface area contributed by atoms with Crippen LogP contribution in [0, 0.1) is 25.2 Å². The highest BCUT2D eigenvalue weighted by Crippen LogP contribution is 2.25. The average Bonchev–Trinajstić information content (AvgIpc) is 3.11. The summed E-state index contributed by atoms with van der Waals surface area (Å²) in [5, 5.41) is 24.0. The fraction of sp³-hybridized carbons (Fsp3) is 0.471. The molecule has 2 aromatic heterocycles. The van der Waals surface area contributed by atoms with Gasteiger partial charge in [-0.05, 0) is 32.3 Å². The lowest BCUT2D eigenvalue weighted by atomic mass is 10.1. The molecule has 0 aliphatic carbocycles. The maximum atomic E-state index is 9.41. The van der Waals surface area contributed by atoms with Crippen molar-refractivity contribution in [3.05, 3.63) is 29.2 Å². The van der Waals surface area contributed by atoms with Crippen LogP contribution < -0.4 is 15.5 Å². The molecule has 1 aliphatic rings. The number of nitrogens with zero attached hydrogens (tertiary/aromatic N) is 6. The molecule has 3 rings (SSSR count). The van der Waals surface area contributed by atoms with Crippen LogP contribution in [0.4, 0.5) is 17.5 Å². The van der Waals surface area contributed by atoms with Crippen LogP contribution in [0.2, 0.25) is 0 Å². The Kier molecular flexibility index (Phi) is 4.93. The molecule has 2 aromatic rings. The topological polar surface area (TPSA) is 103 Å². The third-order valence-electron chi connectivity index (χ3n) is 4.65. The number of hydrogen-bond donors (Lipinski definition) is 2. The van der Waals surface area contributed by atoms with Crippen LogP contribution in [-0.4, -0.2) is 46.3 Å². The molecule has 1 saturated heterocycles. The molecule has 0 amide bonds. The van der Waals surface area contributed by atoms with Crippen LogP contribution in [0.1, 0.15) is 29.7 Å². The molecule has 2 N–H and O–H groups in total. The lowest BCUT2D eigenvalue weighted by Crippen LogP contribution is -2.36. The molecule has 8 nitrogen and oxygen atoms in total. The van der Waals surface area contributed by atoms with Crippen molar-refractivity contribution in [2.45, 2.75) is 32.7 Å². The van der Waals surface area contributed by atoms with Crippen molar-refractivity contribution in [1.82, 2.24) is 20.2 Å². The fourth-order valence-corrected chi connectivity index (χ4v) is 3.07. The van der Waals surface area contributed by atoms with E-state index in [1.807, 2.05) is 27.0 Å². The molecule has 1 aliphatic heterocycles. The Morgan fingerprint density at radius 2 is 2.16 bits per heavy atom. The number of nitrogens with one attached hydrogen (secondary N) is 2. The normalized spacial score (nSPS) is 16.6. The van der Waals surface area contributed by atoms with Gasteiger partial charge in [-0.1, -0.05) is 0 Å². The van der Waals surface area contributed by atoms with E-state index in [2.05, 4.69) is 41.8 Å². The summed E-state index contributed by atoms with van der Waals surface area (Å²) in [6.45, 7) is 5.40. The molecule has 0 bridgehead atoms. The van der Waals surface area contributed by atoms with Crippen LogP contribution in [0.5, 0.6) is 0 Å². The molecule has 3 heterocycles. The van der Waals surface area contributed by atoms with Gasteiger partial charge in [-0.25, -0.2) is 9.97 Å². The number of rotatable bonds is 5. The molecule has 1 atom stereocenters. The van der Waals surface area contributed by atoms with Gasteiger partial charge in [0.25, 0.3) is 0 Å². The minimum Gasteiger partial charge on any atom is -0.373 e. The number of aryl methyl sites for hydroxylation is 1. The smallest absolute Gasteiger partial charge is 0.167 e. The van der Waals surface area contributed by atoms with Crippen molar-refractivity contribution in [3.63, 3.8) is 0 Å². The predicted octanol–water partition coefficient (Wildman–Crippen LogP) is 1.88. The first-order valence-corrected chi connectivity index (χ1v) is 8.38. The van der Waals surface area contributed by atoms with Crippen molar-refractivity contribution in [3.8, 4) is 6.07 Å². The third-order valence-corrected chi connectivity index (χ3v) is 4.65. The Hall–Kier alpha value is -2.95. The van der Waals surface area contributed by atoms with Crippen LogP contribution in [-0.2, 0) is 0 Å². The first kappa shape index (κ1) is 16.9. The zero-order valence-electron chi connectivity index (χ0n) is 14.7. The molecule has 0 spiro atoms. The summed E-state index contributed by atoms with van der Waals surface area (Å²) in [4.78, 5) is 10.8. The van der Waals surface area contributed by atoms with E-state index in [0.717, 1.165) is 42.3 Å². The monoisotopic (exact) mass is 338 g/mol. The summed E-state index contributed by atoms with van der Waals surface area (Å²) < 4.78 is 0. The second kappa shape index (κ2) is 7.30. The second-order valence-electron chi connectivity index (χ2n) is 6.13. The lowest BCUT2D eigenvalue weighted by Gasteiger charge is -2.26. The summed E-state index contributed by atoms with van der Waals surface area (Å²) in [7, 11) is 1.84. The van der Waals surface area contributed by atoms with Gasteiger partial charge >= 0.3 is 0 Å². The van der Waals surface area contributed by atoms with Gasteiger partial charge in [-0.15, -0.1) is 5.10 Å². The lowest BCUT2D eigenvalue weighted by molar-refractivity contribution is 0.687. The average molecular weight is 338 g/mol. The van der Waals surface area contributed by atoms with E-state index in [1.165, 1.54) is 0 Å². The summed E-state index contributed by atoms with van der Waals surface area (Å²) in [5.41, 5.74) is 2.22. The second-order valence-corrected chi connectivity index (χ2v) is 6.13. The largest absolute Gasteiger partial charge is 0.373 e. The van der Waals surface area contributed by atoms with Crippen LogP contribution in [0.15, 0.2) is 12.4 Å². The fourth-order valence-electron chi connectivity index (χ4n) is 3.07. The summed E-state index contributed by atoms with van der Waals surface area (Å²) in [5.74, 6) is 2.27. The van der Waals surface area contributed by atoms with E-state index in [9.17, 15) is 5.26 Å². The number of anilines is 3. The first-order valence-electron chi connectivity index (χ1n) is 8.38. The standard InChI is InChI=1S/C17H22N8/c1-11-12(2)23-24-17(14(11)8-18)20-9-13-5-4-6-25(13)16-7-15(19-3)21-10-22-16/h7,10,13H,4-6,9H2,1-3H3,(H,20,24)(H,19,21,22)/t13-/m1/s1. The maximum Gasteiger partial charge on any atom is 0.167 e. The Bertz CT molecular complexity index is 798. The minimum atomic E-state index is 0.287. The van der Waals surface area contributed by atoms with Crippen molar-refractivity contribution >= 4 is 17.5 Å². The molecule has 0 radical (unpaired) electrons. The highest BCUT2D eigenvalue weighted by atomic mass is 15.3. The summed E-state index contributed by atoms with van der Waals surface area (Å²) in [6, 6.07) is 4.47. The van der Waals surface area contributed by atoms with Gasteiger partial charge in [0.2, 0.25) is 0 Å². The highest BCUT2D eigenvalue weighted by Gasteiger charge is 2.26. The number of aromatic nitrogens is 4. The van der Waals surface area contributed by atoms with Gasteiger partial charge in [0.1, 0.15) is 29.6 Å².